The number of fused-ring (bicyclic) bond motifs is 1. The summed E-state index contributed by atoms with van der Waals surface area (Å²) in [4.78, 5) is 0. The third-order valence-corrected chi connectivity index (χ3v) is 4.52. The molecular weight excluding hydrogens is 250 g/mol. The molecular formula is C16H23N3O. The summed E-state index contributed by atoms with van der Waals surface area (Å²) in [6.07, 6.45) is 3.81. The molecule has 1 aromatic heterocycles. The van der Waals surface area contributed by atoms with Gasteiger partial charge in [-0.05, 0) is 37.3 Å². The number of aryl methyl sites for hydroxylation is 1. The van der Waals surface area contributed by atoms with E-state index in [1.165, 1.54) is 24.6 Å². The van der Waals surface area contributed by atoms with Crippen molar-refractivity contribution in [2.45, 2.75) is 25.9 Å². The van der Waals surface area contributed by atoms with Crippen LogP contribution in [0.5, 0.6) is 0 Å². The summed E-state index contributed by atoms with van der Waals surface area (Å²) in [5.41, 5.74) is 8.01. The largest absolute Gasteiger partial charge is 0.375 e. The number of ether oxygens (including phenoxy) is 1. The van der Waals surface area contributed by atoms with Gasteiger partial charge in [0.1, 0.15) is 0 Å². The van der Waals surface area contributed by atoms with Crippen LogP contribution in [0.3, 0.4) is 0 Å². The Morgan fingerprint density at radius 2 is 2.10 bits per heavy atom. The van der Waals surface area contributed by atoms with Gasteiger partial charge in [-0.2, -0.15) is 5.10 Å². The normalized spacial score (nSPS) is 22.7. The number of aromatic nitrogens is 2. The van der Waals surface area contributed by atoms with Crippen LogP contribution in [-0.4, -0.2) is 22.9 Å². The SMILES string of the molecule is Cn1nc(COCC2CCCC2CN)c2ccccc21. The van der Waals surface area contributed by atoms with Gasteiger partial charge in [0, 0.05) is 12.4 Å². The van der Waals surface area contributed by atoms with Crippen molar-refractivity contribution < 1.29 is 4.74 Å². The molecule has 20 heavy (non-hydrogen) atoms. The summed E-state index contributed by atoms with van der Waals surface area (Å²) in [6, 6.07) is 8.29. The van der Waals surface area contributed by atoms with Crippen molar-refractivity contribution in [2.75, 3.05) is 13.2 Å². The lowest BCUT2D eigenvalue weighted by atomic mass is 9.97. The lowest BCUT2D eigenvalue weighted by Crippen LogP contribution is -2.22. The highest BCUT2D eigenvalue weighted by Crippen LogP contribution is 2.31. The Morgan fingerprint density at radius 3 is 2.95 bits per heavy atom. The van der Waals surface area contributed by atoms with E-state index in [2.05, 4.69) is 23.3 Å². The third kappa shape index (κ3) is 2.58. The molecule has 4 nitrogen and oxygen atoms in total. The van der Waals surface area contributed by atoms with Crippen LogP contribution in [0.1, 0.15) is 25.0 Å². The molecule has 108 valence electrons. The van der Waals surface area contributed by atoms with Gasteiger partial charge in [-0.15, -0.1) is 0 Å². The van der Waals surface area contributed by atoms with Crippen molar-refractivity contribution in [1.29, 1.82) is 0 Å². The maximum absolute atomic E-state index is 5.93. The van der Waals surface area contributed by atoms with Gasteiger partial charge in [0.2, 0.25) is 0 Å². The number of benzene rings is 1. The van der Waals surface area contributed by atoms with Crippen LogP contribution in [0.4, 0.5) is 0 Å². The highest BCUT2D eigenvalue weighted by atomic mass is 16.5. The first-order valence-electron chi connectivity index (χ1n) is 7.48. The second-order valence-corrected chi connectivity index (χ2v) is 5.79. The van der Waals surface area contributed by atoms with Crippen molar-refractivity contribution >= 4 is 10.9 Å². The van der Waals surface area contributed by atoms with Crippen LogP contribution in [-0.2, 0) is 18.4 Å². The lowest BCUT2D eigenvalue weighted by molar-refractivity contribution is 0.0737. The molecule has 2 N–H and O–H groups in total. The van der Waals surface area contributed by atoms with E-state index in [9.17, 15) is 0 Å². The number of nitrogens with zero attached hydrogens (tertiary/aromatic N) is 2. The van der Waals surface area contributed by atoms with Gasteiger partial charge in [-0.3, -0.25) is 4.68 Å². The second-order valence-electron chi connectivity index (χ2n) is 5.79. The first kappa shape index (κ1) is 13.6. The van der Waals surface area contributed by atoms with Crippen LogP contribution >= 0.6 is 0 Å². The van der Waals surface area contributed by atoms with Gasteiger partial charge in [0.05, 0.1) is 24.4 Å². The molecule has 1 heterocycles. The Labute approximate surface area is 119 Å². The molecule has 0 spiro atoms. The van der Waals surface area contributed by atoms with Gasteiger partial charge < -0.3 is 10.5 Å². The van der Waals surface area contributed by atoms with Crippen molar-refractivity contribution in [3.8, 4) is 0 Å². The van der Waals surface area contributed by atoms with Crippen LogP contribution in [0.2, 0.25) is 0 Å². The number of hydrogen-bond donors (Lipinski definition) is 1. The second kappa shape index (κ2) is 5.94. The third-order valence-electron chi connectivity index (χ3n) is 4.52. The standard InChI is InChI=1S/C16H23N3O/c1-19-16-8-3-2-7-14(16)15(18-19)11-20-10-13-6-4-5-12(13)9-17/h2-3,7-8,12-13H,4-6,9-11,17H2,1H3. The first-order chi connectivity index (χ1) is 9.79. The van der Waals surface area contributed by atoms with Crippen molar-refractivity contribution in [3.63, 3.8) is 0 Å². The predicted molar refractivity (Wildman–Crippen MR) is 80.3 cm³/mol. The van der Waals surface area contributed by atoms with Crippen molar-refractivity contribution in [1.82, 2.24) is 9.78 Å². The lowest BCUT2D eigenvalue weighted by Gasteiger charge is -2.17. The quantitative estimate of drug-likeness (QED) is 0.910. The fourth-order valence-corrected chi connectivity index (χ4v) is 3.35. The summed E-state index contributed by atoms with van der Waals surface area (Å²) in [5.74, 6) is 1.28. The molecule has 1 fully saturated rings. The first-order valence-corrected chi connectivity index (χ1v) is 7.48. The molecule has 0 bridgehead atoms. The molecule has 4 heteroatoms. The van der Waals surface area contributed by atoms with E-state index in [0.29, 0.717) is 18.4 Å². The van der Waals surface area contributed by atoms with E-state index >= 15 is 0 Å². The highest BCUT2D eigenvalue weighted by Gasteiger charge is 2.26. The topological polar surface area (TPSA) is 53.1 Å². The van der Waals surface area contributed by atoms with Crippen LogP contribution < -0.4 is 5.73 Å². The fraction of sp³-hybridized carbons (Fsp3) is 0.562. The minimum Gasteiger partial charge on any atom is -0.375 e. The monoisotopic (exact) mass is 273 g/mol. The molecule has 0 aliphatic heterocycles. The summed E-state index contributed by atoms with van der Waals surface area (Å²) in [7, 11) is 1.98. The number of rotatable bonds is 5. The molecule has 0 amide bonds. The molecule has 2 unspecified atom stereocenters. The molecule has 2 aromatic rings. The Hall–Kier alpha value is -1.39. The summed E-state index contributed by atoms with van der Waals surface area (Å²) < 4.78 is 7.85. The Kier molecular flexibility index (Phi) is 4.03. The fourth-order valence-electron chi connectivity index (χ4n) is 3.35. The Balaban J connectivity index is 1.63. The maximum Gasteiger partial charge on any atom is 0.0960 e. The van der Waals surface area contributed by atoms with Crippen molar-refractivity contribution in [2.24, 2.45) is 24.6 Å². The smallest absolute Gasteiger partial charge is 0.0960 e. The summed E-state index contributed by atoms with van der Waals surface area (Å²) >= 11 is 0. The zero-order valence-electron chi connectivity index (χ0n) is 12.1. The average Bonchev–Trinajstić information content (AvgIpc) is 3.05. The van der Waals surface area contributed by atoms with E-state index in [1.54, 1.807) is 0 Å². The molecule has 0 radical (unpaired) electrons. The molecule has 2 atom stereocenters. The molecule has 0 saturated heterocycles. The van der Waals surface area contributed by atoms with Crippen LogP contribution in [0.15, 0.2) is 24.3 Å². The van der Waals surface area contributed by atoms with Gasteiger partial charge in [0.25, 0.3) is 0 Å². The zero-order chi connectivity index (χ0) is 13.9. The van der Waals surface area contributed by atoms with E-state index in [0.717, 1.165) is 24.4 Å². The Morgan fingerprint density at radius 1 is 1.30 bits per heavy atom. The van der Waals surface area contributed by atoms with Gasteiger partial charge in [-0.25, -0.2) is 0 Å². The molecule has 1 aliphatic rings. The summed E-state index contributed by atoms with van der Waals surface area (Å²) in [6.45, 7) is 2.20. The van der Waals surface area contributed by atoms with E-state index in [-0.39, 0.29) is 0 Å². The van der Waals surface area contributed by atoms with Gasteiger partial charge >= 0.3 is 0 Å². The van der Waals surface area contributed by atoms with E-state index in [1.807, 2.05) is 17.8 Å². The van der Waals surface area contributed by atoms with Crippen LogP contribution in [0, 0.1) is 11.8 Å². The molecule has 1 aliphatic carbocycles. The number of nitrogens with two attached hydrogens (primary N) is 1. The molecule has 1 aromatic carbocycles. The van der Waals surface area contributed by atoms with Gasteiger partial charge in [-0.1, -0.05) is 24.6 Å². The molecule has 1 saturated carbocycles. The minimum atomic E-state index is 0.592. The maximum atomic E-state index is 5.93. The van der Waals surface area contributed by atoms with Gasteiger partial charge in [0.15, 0.2) is 0 Å². The van der Waals surface area contributed by atoms with E-state index in [4.69, 9.17) is 10.5 Å². The average molecular weight is 273 g/mol. The summed E-state index contributed by atoms with van der Waals surface area (Å²) in [5, 5.41) is 5.75. The molecule has 3 rings (SSSR count). The predicted octanol–water partition coefficient (Wildman–Crippen LogP) is 2.46. The highest BCUT2D eigenvalue weighted by molar-refractivity contribution is 5.81. The van der Waals surface area contributed by atoms with Crippen molar-refractivity contribution in [3.05, 3.63) is 30.0 Å². The zero-order valence-corrected chi connectivity index (χ0v) is 12.1. The number of para-hydroxylation sites is 1. The minimum absolute atomic E-state index is 0.592. The van der Waals surface area contributed by atoms with E-state index < -0.39 is 0 Å². The Bertz CT molecular complexity index is 578. The number of hydrogen-bond acceptors (Lipinski definition) is 3. The van der Waals surface area contributed by atoms with Crippen LogP contribution in [0.25, 0.3) is 10.9 Å².